The molecule has 0 unspecified atom stereocenters. The molecule has 5 rings (SSSR count). The summed E-state index contributed by atoms with van der Waals surface area (Å²) in [7, 11) is 1.44. The Bertz CT molecular complexity index is 1510. The minimum Gasteiger partial charge on any atom is -0.473 e. The number of amides is 1. The first-order valence-corrected chi connectivity index (χ1v) is 15.5. The van der Waals surface area contributed by atoms with Gasteiger partial charge in [-0.3, -0.25) is 9.59 Å². The van der Waals surface area contributed by atoms with Gasteiger partial charge in [0.2, 0.25) is 0 Å². The van der Waals surface area contributed by atoms with Crippen LogP contribution in [0.4, 0.5) is 0 Å². The zero-order valence-corrected chi connectivity index (χ0v) is 25.0. The maximum atomic E-state index is 12.9. The molecule has 1 amide bonds. The molecule has 1 aliphatic rings. The highest BCUT2D eigenvalue weighted by atomic mass is 16.5. The summed E-state index contributed by atoms with van der Waals surface area (Å²) in [6.45, 7) is 0.678. The number of methoxy groups -OCH3 is 1. The summed E-state index contributed by atoms with van der Waals surface area (Å²) in [6.07, 6.45) is 13.6. The molecule has 0 aliphatic carbocycles. The number of rotatable bonds is 14. The quantitative estimate of drug-likeness (QED) is 0.121. The van der Waals surface area contributed by atoms with Gasteiger partial charge in [-0.15, -0.1) is 0 Å². The fourth-order valence-corrected chi connectivity index (χ4v) is 5.85. The highest BCUT2D eigenvalue weighted by molar-refractivity contribution is 6.01. The van der Waals surface area contributed by atoms with Crippen molar-refractivity contribution in [3.8, 4) is 5.75 Å². The van der Waals surface area contributed by atoms with E-state index in [9.17, 15) is 9.59 Å². The number of carbonyl (C=O) groups is 2. The summed E-state index contributed by atoms with van der Waals surface area (Å²) in [5.74, 6) is 0.663. The van der Waals surface area contributed by atoms with E-state index in [-0.39, 0.29) is 11.9 Å². The predicted octanol–water partition coefficient (Wildman–Crippen LogP) is 8.60. The van der Waals surface area contributed by atoms with E-state index in [4.69, 9.17) is 4.74 Å². The second-order valence-corrected chi connectivity index (χ2v) is 11.2. The summed E-state index contributed by atoms with van der Waals surface area (Å²) in [5, 5.41) is 5.16. The molecule has 0 saturated heterocycles. The zero-order chi connectivity index (χ0) is 29.9. The third kappa shape index (κ3) is 7.34. The second kappa shape index (κ2) is 14.7. The average Bonchev–Trinajstić information content (AvgIpc) is 3.07. The van der Waals surface area contributed by atoms with Crippen LogP contribution in [0.25, 0.3) is 16.8 Å². The van der Waals surface area contributed by atoms with Crippen molar-refractivity contribution in [3.63, 3.8) is 0 Å². The summed E-state index contributed by atoms with van der Waals surface area (Å²) < 4.78 is 11.5. The van der Waals surface area contributed by atoms with Crippen LogP contribution >= 0.6 is 0 Å². The lowest BCUT2D eigenvalue weighted by Crippen LogP contribution is -2.34. The van der Waals surface area contributed by atoms with Crippen LogP contribution in [-0.4, -0.2) is 25.5 Å². The fourth-order valence-electron chi connectivity index (χ4n) is 5.85. The van der Waals surface area contributed by atoms with E-state index in [0.717, 1.165) is 65.3 Å². The van der Waals surface area contributed by atoms with E-state index in [1.165, 1.54) is 26.4 Å². The molecule has 4 aromatic rings. The molecule has 1 aliphatic heterocycles. The lowest BCUT2D eigenvalue weighted by atomic mass is 9.83. The van der Waals surface area contributed by atoms with E-state index in [1.54, 1.807) is 0 Å². The minimum absolute atomic E-state index is 0.0378. The Labute approximate surface area is 254 Å². The molecular weight excluding hydrogens is 534 g/mol. The lowest BCUT2D eigenvalue weighted by Gasteiger charge is -2.36. The molecule has 0 spiro atoms. The Kier molecular flexibility index (Phi) is 10.3. The maximum absolute atomic E-state index is 12.9. The number of carbonyl (C=O) groups excluding carboxylic acids is 2. The molecular formula is C38H41NO4. The SMILES string of the molecule is COC(=O)CCCCCCCCCCNC(=O)c1ccc2c3c(ccc2c1)OC(c1ccccc1)(c1ccccc1)C=C3. The molecule has 0 aromatic heterocycles. The van der Waals surface area contributed by atoms with Crippen molar-refractivity contribution in [1.82, 2.24) is 5.32 Å². The molecule has 222 valence electrons. The summed E-state index contributed by atoms with van der Waals surface area (Å²) in [5.41, 5.74) is 3.12. The van der Waals surface area contributed by atoms with Gasteiger partial charge in [-0.2, -0.15) is 0 Å². The van der Waals surface area contributed by atoms with Crippen LogP contribution in [-0.2, 0) is 15.1 Å². The average molecular weight is 576 g/mol. The Morgan fingerprint density at radius 3 is 2.02 bits per heavy atom. The highest BCUT2D eigenvalue weighted by Gasteiger charge is 2.37. The molecule has 0 radical (unpaired) electrons. The van der Waals surface area contributed by atoms with Crippen LogP contribution in [0, 0.1) is 0 Å². The molecule has 4 aromatic carbocycles. The number of nitrogens with one attached hydrogen (secondary N) is 1. The number of unbranched alkanes of at least 4 members (excludes halogenated alkanes) is 7. The highest BCUT2D eigenvalue weighted by Crippen LogP contribution is 2.44. The largest absolute Gasteiger partial charge is 0.473 e. The van der Waals surface area contributed by atoms with Gasteiger partial charge in [0.15, 0.2) is 5.60 Å². The Morgan fingerprint density at radius 1 is 0.744 bits per heavy atom. The molecule has 0 atom stereocenters. The van der Waals surface area contributed by atoms with Gasteiger partial charge in [-0.25, -0.2) is 0 Å². The maximum Gasteiger partial charge on any atom is 0.305 e. The number of hydrogen-bond acceptors (Lipinski definition) is 4. The molecule has 5 heteroatoms. The molecule has 43 heavy (non-hydrogen) atoms. The van der Waals surface area contributed by atoms with Gasteiger partial charge >= 0.3 is 5.97 Å². The Balaban J connectivity index is 1.16. The van der Waals surface area contributed by atoms with Crippen molar-refractivity contribution < 1.29 is 19.1 Å². The molecule has 0 bridgehead atoms. The third-order valence-electron chi connectivity index (χ3n) is 8.27. The van der Waals surface area contributed by atoms with Crippen molar-refractivity contribution in [2.75, 3.05) is 13.7 Å². The molecule has 1 N–H and O–H groups in total. The van der Waals surface area contributed by atoms with E-state index >= 15 is 0 Å². The minimum atomic E-state index is -0.714. The standard InChI is InChI=1S/C38H41NO4/c1-42-36(40)20-14-6-4-2-3-5-7-15-27-39-37(41)30-21-23-33-29(28-30)22-24-35-34(33)25-26-38(43-35,31-16-10-8-11-17-31)32-18-12-9-13-19-32/h8-13,16-19,21-26,28H,2-7,14-15,20,27H2,1H3,(H,39,41). The zero-order valence-electron chi connectivity index (χ0n) is 25.0. The number of fused-ring (bicyclic) bond motifs is 3. The third-order valence-corrected chi connectivity index (χ3v) is 8.27. The Morgan fingerprint density at radius 2 is 1.37 bits per heavy atom. The van der Waals surface area contributed by atoms with Gasteiger partial charge in [0, 0.05) is 35.2 Å². The van der Waals surface area contributed by atoms with Crippen LogP contribution in [0.15, 0.2) is 97.1 Å². The van der Waals surface area contributed by atoms with Crippen molar-refractivity contribution in [3.05, 3.63) is 119 Å². The van der Waals surface area contributed by atoms with Crippen molar-refractivity contribution in [2.45, 2.75) is 63.4 Å². The van der Waals surface area contributed by atoms with Gasteiger partial charge < -0.3 is 14.8 Å². The summed E-state index contributed by atoms with van der Waals surface area (Å²) >= 11 is 0. The lowest BCUT2D eigenvalue weighted by molar-refractivity contribution is -0.140. The van der Waals surface area contributed by atoms with E-state index < -0.39 is 5.60 Å². The van der Waals surface area contributed by atoms with Crippen LogP contribution < -0.4 is 10.1 Å². The van der Waals surface area contributed by atoms with Gasteiger partial charge in [-0.1, -0.05) is 111 Å². The van der Waals surface area contributed by atoms with E-state index in [2.05, 4.69) is 46.5 Å². The number of ether oxygens (including phenoxy) is 2. The van der Waals surface area contributed by atoms with Crippen LogP contribution in [0.5, 0.6) is 5.75 Å². The van der Waals surface area contributed by atoms with Gasteiger partial charge in [0.05, 0.1) is 7.11 Å². The molecule has 0 fully saturated rings. The number of benzene rings is 4. The smallest absolute Gasteiger partial charge is 0.305 e. The first kappa shape index (κ1) is 30.1. The van der Waals surface area contributed by atoms with Gasteiger partial charge in [0.1, 0.15) is 5.75 Å². The van der Waals surface area contributed by atoms with Crippen LogP contribution in [0.1, 0.15) is 84.8 Å². The number of hydrogen-bond donors (Lipinski definition) is 1. The fraction of sp³-hybridized carbons (Fsp3) is 0.316. The number of esters is 1. The Hall–Kier alpha value is -4.38. The van der Waals surface area contributed by atoms with Crippen LogP contribution in [0.2, 0.25) is 0 Å². The second-order valence-electron chi connectivity index (χ2n) is 11.2. The van der Waals surface area contributed by atoms with E-state index in [1.807, 2.05) is 66.7 Å². The first-order chi connectivity index (χ1) is 21.1. The van der Waals surface area contributed by atoms with Crippen molar-refractivity contribution >= 4 is 28.7 Å². The van der Waals surface area contributed by atoms with Crippen molar-refractivity contribution in [1.29, 1.82) is 0 Å². The summed E-state index contributed by atoms with van der Waals surface area (Å²) in [4.78, 5) is 24.0. The van der Waals surface area contributed by atoms with Gasteiger partial charge in [0.25, 0.3) is 5.91 Å². The first-order valence-electron chi connectivity index (χ1n) is 15.5. The molecule has 1 heterocycles. The summed E-state index contributed by atoms with van der Waals surface area (Å²) in [6, 6.07) is 30.6. The van der Waals surface area contributed by atoms with Crippen molar-refractivity contribution in [2.24, 2.45) is 0 Å². The predicted molar refractivity (Wildman–Crippen MR) is 173 cm³/mol. The topological polar surface area (TPSA) is 64.6 Å². The van der Waals surface area contributed by atoms with E-state index in [0.29, 0.717) is 18.5 Å². The van der Waals surface area contributed by atoms with Crippen LogP contribution in [0.3, 0.4) is 0 Å². The monoisotopic (exact) mass is 575 g/mol. The molecule has 5 nitrogen and oxygen atoms in total. The molecule has 0 saturated carbocycles. The van der Waals surface area contributed by atoms with Gasteiger partial charge in [-0.05, 0) is 54.0 Å². The normalized spacial score (nSPS) is 13.2.